The minimum atomic E-state index is -2.98. The summed E-state index contributed by atoms with van der Waals surface area (Å²) < 4.78 is 43.7. The number of anilines is 1. The number of esters is 1. The first kappa shape index (κ1) is 20.1. The van der Waals surface area contributed by atoms with Crippen molar-refractivity contribution in [3.05, 3.63) is 47.5 Å². The molecule has 2 aromatic rings. The van der Waals surface area contributed by atoms with Gasteiger partial charge in [-0.25, -0.2) is 4.79 Å². The van der Waals surface area contributed by atoms with Crippen LogP contribution in [0.3, 0.4) is 0 Å². The minimum absolute atomic E-state index is 0.00281. The summed E-state index contributed by atoms with van der Waals surface area (Å²) in [6, 6.07) is 7.70. The van der Waals surface area contributed by atoms with Gasteiger partial charge in [-0.3, -0.25) is 9.59 Å². The molecular formula is C19H15F2NO7. The molecule has 0 unspecified atom stereocenters. The van der Waals surface area contributed by atoms with E-state index in [1.165, 1.54) is 43.3 Å². The standard InChI is InChI=1S/C19H15F2NO7/c1-10(23)13-6-15-16(28-9-27-15)7-14(13)22-17(24)8-26-18(25)11-2-4-12(5-3-11)29-19(20)21/h2-7,19H,8-9H2,1H3,(H,22,24). The van der Waals surface area contributed by atoms with E-state index in [0.717, 1.165) is 0 Å². The highest BCUT2D eigenvalue weighted by Crippen LogP contribution is 2.37. The van der Waals surface area contributed by atoms with Crippen molar-refractivity contribution in [3.63, 3.8) is 0 Å². The van der Waals surface area contributed by atoms with E-state index >= 15 is 0 Å². The summed E-state index contributed by atoms with van der Waals surface area (Å²) >= 11 is 0. The third kappa shape index (κ3) is 4.98. The van der Waals surface area contributed by atoms with E-state index in [0.29, 0.717) is 11.5 Å². The molecule has 1 heterocycles. The van der Waals surface area contributed by atoms with E-state index in [4.69, 9.17) is 14.2 Å². The molecule has 1 aliphatic rings. The summed E-state index contributed by atoms with van der Waals surface area (Å²) in [7, 11) is 0. The van der Waals surface area contributed by atoms with Crippen molar-refractivity contribution < 1.29 is 42.1 Å². The van der Waals surface area contributed by atoms with Crippen molar-refractivity contribution in [2.24, 2.45) is 0 Å². The fourth-order valence-electron chi connectivity index (χ4n) is 2.51. The molecule has 10 heteroatoms. The second-order valence-corrected chi connectivity index (χ2v) is 5.83. The molecule has 0 bridgehead atoms. The van der Waals surface area contributed by atoms with Crippen molar-refractivity contribution in [2.45, 2.75) is 13.5 Å². The molecular weight excluding hydrogens is 392 g/mol. The molecule has 0 aromatic heterocycles. The number of ether oxygens (including phenoxy) is 4. The van der Waals surface area contributed by atoms with Crippen molar-refractivity contribution in [3.8, 4) is 17.2 Å². The van der Waals surface area contributed by atoms with Gasteiger partial charge in [0, 0.05) is 11.6 Å². The monoisotopic (exact) mass is 407 g/mol. The zero-order chi connectivity index (χ0) is 21.0. The molecule has 0 spiro atoms. The Morgan fingerprint density at radius 1 is 1.10 bits per heavy atom. The fraction of sp³-hybridized carbons (Fsp3) is 0.211. The lowest BCUT2D eigenvalue weighted by atomic mass is 10.1. The number of nitrogens with one attached hydrogen (secondary N) is 1. The van der Waals surface area contributed by atoms with Crippen molar-refractivity contribution >= 4 is 23.3 Å². The maximum Gasteiger partial charge on any atom is 0.387 e. The molecule has 1 N–H and O–H groups in total. The Labute approximate surface area is 163 Å². The first-order valence-electron chi connectivity index (χ1n) is 8.30. The second kappa shape index (κ2) is 8.55. The zero-order valence-corrected chi connectivity index (χ0v) is 15.1. The Hall–Kier alpha value is -3.69. The SMILES string of the molecule is CC(=O)c1cc2c(cc1NC(=O)COC(=O)c1ccc(OC(F)F)cc1)OCO2. The summed E-state index contributed by atoms with van der Waals surface area (Å²) in [5.41, 5.74) is 0.451. The van der Waals surface area contributed by atoms with E-state index in [2.05, 4.69) is 10.1 Å². The van der Waals surface area contributed by atoms with Crippen LogP contribution in [0.25, 0.3) is 0 Å². The Kier molecular flexibility index (Phi) is 5.91. The smallest absolute Gasteiger partial charge is 0.387 e. The van der Waals surface area contributed by atoms with Crippen LogP contribution in [0.15, 0.2) is 36.4 Å². The minimum Gasteiger partial charge on any atom is -0.454 e. The largest absolute Gasteiger partial charge is 0.454 e. The number of amides is 1. The topological polar surface area (TPSA) is 100 Å². The Bertz CT molecular complexity index is 944. The number of carbonyl (C=O) groups excluding carboxylic acids is 3. The fourth-order valence-corrected chi connectivity index (χ4v) is 2.51. The third-order valence-electron chi connectivity index (χ3n) is 3.82. The Balaban J connectivity index is 1.60. The van der Waals surface area contributed by atoms with Gasteiger partial charge in [-0.05, 0) is 37.3 Å². The van der Waals surface area contributed by atoms with E-state index in [1.54, 1.807) is 0 Å². The summed E-state index contributed by atoms with van der Waals surface area (Å²) in [6.45, 7) is -2.27. The molecule has 1 amide bonds. The highest BCUT2D eigenvalue weighted by molar-refractivity contribution is 6.05. The van der Waals surface area contributed by atoms with Gasteiger partial charge in [-0.15, -0.1) is 0 Å². The van der Waals surface area contributed by atoms with Gasteiger partial charge in [0.1, 0.15) is 5.75 Å². The van der Waals surface area contributed by atoms with Crippen LogP contribution >= 0.6 is 0 Å². The van der Waals surface area contributed by atoms with Crippen molar-refractivity contribution in [1.29, 1.82) is 0 Å². The number of fused-ring (bicyclic) bond motifs is 1. The van der Waals surface area contributed by atoms with Crippen molar-refractivity contribution in [1.82, 2.24) is 0 Å². The number of ketones is 1. The average molecular weight is 407 g/mol. The number of Topliss-reactive ketones (excluding diaryl/α,β-unsaturated/α-hetero) is 1. The molecule has 152 valence electrons. The summed E-state index contributed by atoms with van der Waals surface area (Å²) in [5, 5.41) is 2.48. The van der Waals surface area contributed by atoms with Gasteiger partial charge in [0.05, 0.1) is 11.3 Å². The van der Waals surface area contributed by atoms with Crippen LogP contribution < -0.4 is 19.5 Å². The molecule has 1 aliphatic heterocycles. The first-order chi connectivity index (χ1) is 13.8. The number of rotatable bonds is 7. The number of hydrogen-bond acceptors (Lipinski definition) is 7. The Morgan fingerprint density at radius 2 is 1.76 bits per heavy atom. The van der Waals surface area contributed by atoms with Crippen molar-refractivity contribution in [2.75, 3.05) is 18.7 Å². The lowest BCUT2D eigenvalue weighted by Crippen LogP contribution is -2.22. The van der Waals surface area contributed by atoms with E-state index < -0.39 is 25.1 Å². The molecule has 0 saturated carbocycles. The number of halogens is 2. The van der Waals surface area contributed by atoms with Gasteiger partial charge in [-0.1, -0.05) is 0 Å². The number of carbonyl (C=O) groups is 3. The lowest BCUT2D eigenvalue weighted by Gasteiger charge is -2.11. The van der Waals surface area contributed by atoms with Crippen LogP contribution in [-0.2, 0) is 9.53 Å². The molecule has 0 radical (unpaired) electrons. The van der Waals surface area contributed by atoms with Gasteiger partial charge < -0.3 is 24.3 Å². The van der Waals surface area contributed by atoms with E-state index in [1.807, 2.05) is 0 Å². The van der Waals surface area contributed by atoms with Crippen LogP contribution in [0.2, 0.25) is 0 Å². The third-order valence-corrected chi connectivity index (χ3v) is 3.82. The molecule has 3 rings (SSSR count). The van der Waals surface area contributed by atoms with E-state index in [9.17, 15) is 23.2 Å². The lowest BCUT2D eigenvalue weighted by molar-refractivity contribution is -0.119. The zero-order valence-electron chi connectivity index (χ0n) is 15.1. The molecule has 8 nitrogen and oxygen atoms in total. The van der Waals surface area contributed by atoms with Crippen LogP contribution in [0.5, 0.6) is 17.2 Å². The first-order valence-corrected chi connectivity index (χ1v) is 8.30. The normalized spacial score (nSPS) is 11.9. The van der Waals surface area contributed by atoms with Gasteiger partial charge in [0.25, 0.3) is 5.91 Å². The summed E-state index contributed by atoms with van der Waals surface area (Å²) in [6.07, 6.45) is 0. The van der Waals surface area contributed by atoms with Crippen LogP contribution in [-0.4, -0.2) is 37.7 Å². The van der Waals surface area contributed by atoms with Gasteiger partial charge >= 0.3 is 12.6 Å². The second-order valence-electron chi connectivity index (χ2n) is 5.83. The maximum atomic E-state index is 12.1. The number of hydrogen-bond donors (Lipinski definition) is 1. The number of alkyl halides is 2. The van der Waals surface area contributed by atoms with Gasteiger partial charge in [0.15, 0.2) is 23.9 Å². The predicted octanol–water partition coefficient (Wildman–Crippen LogP) is 3.01. The molecule has 0 fully saturated rings. The quantitative estimate of drug-likeness (QED) is 0.556. The highest BCUT2D eigenvalue weighted by Gasteiger charge is 2.21. The maximum absolute atomic E-state index is 12.1. The van der Waals surface area contributed by atoms with Gasteiger partial charge in [-0.2, -0.15) is 8.78 Å². The predicted molar refractivity (Wildman–Crippen MR) is 94.6 cm³/mol. The molecule has 29 heavy (non-hydrogen) atoms. The Morgan fingerprint density at radius 3 is 2.38 bits per heavy atom. The molecule has 0 atom stereocenters. The van der Waals surface area contributed by atoms with Crippen LogP contribution in [0, 0.1) is 0 Å². The van der Waals surface area contributed by atoms with Crippen LogP contribution in [0.4, 0.5) is 14.5 Å². The van der Waals surface area contributed by atoms with E-state index in [-0.39, 0.29) is 35.1 Å². The average Bonchev–Trinajstić information content (AvgIpc) is 3.13. The molecule has 0 saturated heterocycles. The highest BCUT2D eigenvalue weighted by atomic mass is 19.3. The molecule has 0 aliphatic carbocycles. The van der Waals surface area contributed by atoms with Crippen LogP contribution in [0.1, 0.15) is 27.6 Å². The molecule has 2 aromatic carbocycles. The summed E-state index contributed by atoms with van der Waals surface area (Å²) in [5.74, 6) is -1.18. The number of benzene rings is 2. The summed E-state index contributed by atoms with van der Waals surface area (Å²) in [4.78, 5) is 35.9. The van der Waals surface area contributed by atoms with Gasteiger partial charge in [0.2, 0.25) is 6.79 Å².